The van der Waals surface area contributed by atoms with Crippen LogP contribution in [0.25, 0.3) is 0 Å². The summed E-state index contributed by atoms with van der Waals surface area (Å²) in [5, 5.41) is 0.904. The van der Waals surface area contributed by atoms with E-state index in [1.807, 2.05) is 13.8 Å². The highest BCUT2D eigenvalue weighted by Crippen LogP contribution is 2.36. The van der Waals surface area contributed by atoms with E-state index >= 15 is 0 Å². The van der Waals surface area contributed by atoms with Gasteiger partial charge in [0, 0.05) is 16.0 Å². The molecular weight excluding hydrogens is 297 g/mol. The molecule has 100 valence electrons. The summed E-state index contributed by atoms with van der Waals surface area (Å²) in [5.74, 6) is 0.908. The molecule has 0 atom stereocenters. The Hall–Kier alpha value is -0.440. The second kappa shape index (κ2) is 6.65. The van der Waals surface area contributed by atoms with Gasteiger partial charge in [0.25, 0.3) is 0 Å². The van der Waals surface area contributed by atoms with Crippen molar-refractivity contribution >= 4 is 34.8 Å². The van der Waals surface area contributed by atoms with Crippen molar-refractivity contribution < 1.29 is 9.13 Å². The summed E-state index contributed by atoms with van der Waals surface area (Å²) in [4.78, 5) is 0. The van der Waals surface area contributed by atoms with Crippen molar-refractivity contribution in [3.63, 3.8) is 0 Å². The van der Waals surface area contributed by atoms with Gasteiger partial charge in [-0.1, -0.05) is 48.7 Å². The van der Waals surface area contributed by atoms with Gasteiger partial charge < -0.3 is 4.74 Å². The predicted molar refractivity (Wildman–Crippen MR) is 75.4 cm³/mol. The van der Waals surface area contributed by atoms with Crippen molar-refractivity contribution in [2.75, 3.05) is 6.67 Å². The van der Waals surface area contributed by atoms with Crippen molar-refractivity contribution in [2.24, 2.45) is 5.41 Å². The smallest absolute Gasteiger partial charge is 0.145 e. The zero-order valence-corrected chi connectivity index (χ0v) is 12.4. The highest BCUT2D eigenvalue weighted by atomic mass is 35.5. The normalized spacial score (nSPS) is 12.7. The highest BCUT2D eigenvalue weighted by molar-refractivity contribution is 6.35. The third kappa shape index (κ3) is 4.04. The van der Waals surface area contributed by atoms with Gasteiger partial charge in [-0.15, -0.1) is 0 Å². The van der Waals surface area contributed by atoms with E-state index in [1.165, 1.54) is 5.54 Å². The highest BCUT2D eigenvalue weighted by Gasteiger charge is 2.26. The summed E-state index contributed by atoms with van der Waals surface area (Å²) in [6.45, 7) is 3.26. The molecule has 1 aromatic rings. The molecule has 0 amide bonds. The average Bonchev–Trinajstić information content (AvgIpc) is 2.27. The molecule has 0 bridgehead atoms. The Balaban J connectivity index is 2.94. The number of benzene rings is 1. The van der Waals surface area contributed by atoms with Crippen LogP contribution in [0.15, 0.2) is 29.5 Å². The molecule has 0 N–H and O–H groups in total. The largest absolute Gasteiger partial charge is 0.459 e. The van der Waals surface area contributed by atoms with E-state index in [9.17, 15) is 4.39 Å². The Morgan fingerprint density at radius 2 is 2.06 bits per heavy atom. The molecular formula is C13H14Cl3FO. The summed E-state index contributed by atoms with van der Waals surface area (Å²) < 4.78 is 18.1. The molecule has 1 rings (SSSR count). The van der Waals surface area contributed by atoms with Gasteiger partial charge in [-0.25, -0.2) is 0 Å². The fraction of sp³-hybridized carbons (Fsp3) is 0.385. The molecule has 0 unspecified atom stereocenters. The van der Waals surface area contributed by atoms with Crippen molar-refractivity contribution in [1.82, 2.24) is 0 Å². The Labute approximate surface area is 121 Å². The second-order valence-corrected chi connectivity index (χ2v) is 5.53. The summed E-state index contributed by atoms with van der Waals surface area (Å²) in [6.07, 6.45) is 0.316. The topological polar surface area (TPSA) is 9.23 Å². The van der Waals surface area contributed by atoms with E-state index in [4.69, 9.17) is 39.5 Å². The van der Waals surface area contributed by atoms with Gasteiger partial charge in [0.15, 0.2) is 0 Å². The van der Waals surface area contributed by atoms with Crippen LogP contribution in [0.4, 0.5) is 4.39 Å². The Morgan fingerprint density at radius 1 is 1.39 bits per heavy atom. The first-order chi connectivity index (χ1) is 8.40. The molecule has 0 aromatic heterocycles. The fourth-order valence-corrected chi connectivity index (χ4v) is 2.13. The van der Waals surface area contributed by atoms with Crippen LogP contribution in [0, 0.1) is 5.41 Å². The lowest BCUT2D eigenvalue weighted by atomic mass is 9.88. The minimum atomic E-state index is -0.501. The third-order valence-corrected chi connectivity index (χ3v) is 3.33. The minimum Gasteiger partial charge on any atom is -0.459 e. The van der Waals surface area contributed by atoms with Gasteiger partial charge in [0.1, 0.15) is 11.5 Å². The number of hydrogen-bond donors (Lipinski definition) is 0. The number of alkyl halides is 1. The Morgan fingerprint density at radius 3 is 2.56 bits per heavy atom. The lowest BCUT2D eigenvalue weighted by molar-refractivity contribution is 0.239. The van der Waals surface area contributed by atoms with Gasteiger partial charge in [-0.3, -0.25) is 4.39 Å². The number of allylic oxidation sites excluding steroid dienone is 1. The van der Waals surface area contributed by atoms with E-state index < -0.39 is 12.1 Å². The zero-order valence-electron chi connectivity index (χ0n) is 10.1. The SMILES string of the molecule is CC(C)(CCF)C(=CCl)Oc1ccc(Cl)cc1Cl. The molecule has 18 heavy (non-hydrogen) atoms. The molecule has 0 fully saturated rings. The molecule has 0 saturated heterocycles. The number of ether oxygens (including phenoxy) is 1. The molecule has 0 aliphatic rings. The van der Waals surface area contributed by atoms with Gasteiger partial charge in [0.05, 0.1) is 11.7 Å². The quantitative estimate of drug-likeness (QED) is 0.621. The first kappa shape index (κ1) is 15.6. The lowest BCUT2D eigenvalue weighted by Gasteiger charge is -2.26. The second-order valence-electron chi connectivity index (χ2n) is 4.47. The van der Waals surface area contributed by atoms with E-state index in [0.29, 0.717) is 28.0 Å². The standard InChI is InChI=1S/C13H14Cl3FO/c1-13(2,5-6-17)12(8-14)18-11-4-3-9(15)7-10(11)16/h3-4,7-8H,5-6H2,1-2H3. The van der Waals surface area contributed by atoms with Crippen LogP contribution in [-0.4, -0.2) is 6.67 Å². The number of rotatable bonds is 5. The Kier molecular flexibility index (Phi) is 5.77. The molecule has 1 nitrogen and oxygen atoms in total. The molecule has 0 saturated carbocycles. The monoisotopic (exact) mass is 310 g/mol. The van der Waals surface area contributed by atoms with Crippen molar-refractivity contribution in [3.8, 4) is 5.75 Å². The van der Waals surface area contributed by atoms with Crippen LogP contribution in [0.2, 0.25) is 10.0 Å². The van der Waals surface area contributed by atoms with Crippen LogP contribution >= 0.6 is 34.8 Å². The molecule has 0 spiro atoms. The molecule has 1 aromatic carbocycles. The summed E-state index contributed by atoms with van der Waals surface area (Å²) in [7, 11) is 0. The molecule has 0 aliphatic heterocycles. The van der Waals surface area contributed by atoms with Crippen LogP contribution in [0.5, 0.6) is 5.75 Å². The summed E-state index contributed by atoms with van der Waals surface area (Å²) in [5.41, 5.74) is 0.806. The van der Waals surface area contributed by atoms with Crippen molar-refractivity contribution in [2.45, 2.75) is 20.3 Å². The maximum Gasteiger partial charge on any atom is 0.145 e. The Bertz CT molecular complexity index is 444. The average molecular weight is 312 g/mol. The first-order valence-corrected chi connectivity index (χ1v) is 6.59. The van der Waals surface area contributed by atoms with Crippen molar-refractivity contribution in [3.05, 3.63) is 39.5 Å². The minimum absolute atomic E-state index is 0.316. The zero-order chi connectivity index (χ0) is 13.8. The maximum atomic E-state index is 12.5. The third-order valence-electron chi connectivity index (χ3n) is 2.60. The fourth-order valence-electron chi connectivity index (χ4n) is 1.34. The molecule has 0 radical (unpaired) electrons. The predicted octanol–water partition coefficient (Wildman–Crippen LogP) is 5.84. The van der Waals surface area contributed by atoms with Crippen LogP contribution in [0.3, 0.4) is 0 Å². The molecule has 5 heteroatoms. The first-order valence-electron chi connectivity index (χ1n) is 5.40. The lowest BCUT2D eigenvalue weighted by Crippen LogP contribution is -2.19. The maximum absolute atomic E-state index is 12.5. The van der Waals surface area contributed by atoms with Gasteiger partial charge in [0.2, 0.25) is 0 Å². The van der Waals surface area contributed by atoms with Crippen molar-refractivity contribution in [1.29, 1.82) is 0 Å². The van der Waals surface area contributed by atoms with E-state index in [1.54, 1.807) is 18.2 Å². The van der Waals surface area contributed by atoms with Crippen LogP contribution in [-0.2, 0) is 0 Å². The summed E-state index contributed by atoms with van der Waals surface area (Å²) in [6, 6.07) is 4.89. The van der Waals surface area contributed by atoms with Crippen LogP contribution in [0.1, 0.15) is 20.3 Å². The van der Waals surface area contributed by atoms with E-state index in [2.05, 4.69) is 0 Å². The number of hydrogen-bond acceptors (Lipinski definition) is 1. The number of halogens is 4. The van der Waals surface area contributed by atoms with Gasteiger partial charge >= 0.3 is 0 Å². The van der Waals surface area contributed by atoms with E-state index in [-0.39, 0.29) is 0 Å². The molecule has 0 aliphatic carbocycles. The van der Waals surface area contributed by atoms with E-state index in [0.717, 1.165) is 0 Å². The van der Waals surface area contributed by atoms with Crippen LogP contribution < -0.4 is 4.74 Å². The summed E-state index contributed by atoms with van der Waals surface area (Å²) >= 11 is 17.5. The van der Waals surface area contributed by atoms with Gasteiger partial charge in [-0.05, 0) is 24.6 Å². The van der Waals surface area contributed by atoms with Gasteiger partial charge in [-0.2, -0.15) is 0 Å². The molecule has 0 heterocycles.